The van der Waals surface area contributed by atoms with E-state index in [9.17, 15) is 9.90 Å². The molecule has 0 amide bonds. The molecule has 4 heteroatoms. The predicted molar refractivity (Wildman–Crippen MR) is 104 cm³/mol. The molecule has 0 fully saturated rings. The number of Topliss-reactive ketones (excluding diaryl/α,β-unsaturated/α-hetero) is 1. The number of rotatable bonds is 5. The van der Waals surface area contributed by atoms with Gasteiger partial charge in [-0.1, -0.05) is 66.7 Å². The van der Waals surface area contributed by atoms with Gasteiger partial charge in [0.15, 0.2) is 5.78 Å². The van der Waals surface area contributed by atoms with Crippen molar-refractivity contribution in [3.63, 3.8) is 0 Å². The highest BCUT2D eigenvalue weighted by Crippen LogP contribution is 2.28. The Balaban J connectivity index is 1.49. The Hall–Kier alpha value is -3.66. The Morgan fingerprint density at radius 3 is 2.26 bits per heavy atom. The van der Waals surface area contributed by atoms with Crippen molar-refractivity contribution < 1.29 is 14.3 Å². The first-order valence-corrected chi connectivity index (χ1v) is 8.62. The monoisotopic (exact) mass is 355 g/mol. The summed E-state index contributed by atoms with van der Waals surface area (Å²) in [4.78, 5) is 16.7. The zero-order chi connectivity index (χ0) is 18.6. The molecule has 1 heterocycles. The van der Waals surface area contributed by atoms with Crippen LogP contribution in [0.2, 0.25) is 0 Å². The van der Waals surface area contributed by atoms with E-state index >= 15 is 0 Å². The quantitative estimate of drug-likeness (QED) is 0.504. The molecule has 0 aliphatic heterocycles. The van der Waals surface area contributed by atoms with Gasteiger partial charge >= 0.3 is 0 Å². The van der Waals surface area contributed by atoms with Crippen LogP contribution >= 0.6 is 0 Å². The van der Waals surface area contributed by atoms with Crippen molar-refractivity contribution in [3.05, 3.63) is 96.4 Å². The molecule has 0 aliphatic rings. The van der Waals surface area contributed by atoms with Crippen molar-refractivity contribution in [1.82, 2.24) is 4.98 Å². The average Bonchev–Trinajstić information content (AvgIpc) is 3.20. The lowest BCUT2D eigenvalue weighted by Crippen LogP contribution is -2.04. The summed E-state index contributed by atoms with van der Waals surface area (Å²) in [6.07, 6.45) is 1.57. The van der Waals surface area contributed by atoms with Crippen molar-refractivity contribution >= 4 is 5.78 Å². The summed E-state index contributed by atoms with van der Waals surface area (Å²) in [6.45, 7) is 0. The molecular weight excluding hydrogens is 338 g/mol. The minimum atomic E-state index is -0.132. The second-order valence-electron chi connectivity index (χ2n) is 6.22. The number of aromatic nitrogens is 1. The van der Waals surface area contributed by atoms with Crippen molar-refractivity contribution in [2.75, 3.05) is 0 Å². The fourth-order valence-electron chi connectivity index (χ4n) is 2.90. The Morgan fingerprint density at radius 1 is 0.852 bits per heavy atom. The standard InChI is InChI=1S/C23H17NO3/c25-21-9-5-4-8-19(21)23-24-20(15-27-23)22(26)14-16-10-12-18(13-11-16)17-6-2-1-3-7-17/h1-13,15,25H,14H2. The van der Waals surface area contributed by atoms with Gasteiger partial charge in [-0.05, 0) is 28.8 Å². The second kappa shape index (κ2) is 7.30. The van der Waals surface area contributed by atoms with Crippen LogP contribution in [0, 0.1) is 0 Å². The molecule has 0 saturated heterocycles. The Kier molecular flexibility index (Phi) is 4.54. The molecule has 4 rings (SSSR count). The largest absolute Gasteiger partial charge is 0.507 e. The van der Waals surface area contributed by atoms with E-state index in [1.807, 2.05) is 42.5 Å². The van der Waals surface area contributed by atoms with Crippen LogP contribution in [0.25, 0.3) is 22.6 Å². The SMILES string of the molecule is O=C(Cc1ccc(-c2ccccc2)cc1)c1coc(-c2ccccc2O)n1. The number of carbonyl (C=O) groups is 1. The van der Waals surface area contributed by atoms with E-state index in [4.69, 9.17) is 4.42 Å². The summed E-state index contributed by atoms with van der Waals surface area (Å²) in [5.41, 5.74) is 3.87. The lowest BCUT2D eigenvalue weighted by Gasteiger charge is -2.03. The zero-order valence-corrected chi connectivity index (χ0v) is 14.5. The molecule has 3 aromatic carbocycles. The number of phenols is 1. The molecule has 0 aliphatic carbocycles. The highest BCUT2D eigenvalue weighted by molar-refractivity contribution is 5.96. The van der Waals surface area contributed by atoms with Crippen molar-refractivity contribution in [2.24, 2.45) is 0 Å². The van der Waals surface area contributed by atoms with E-state index in [-0.39, 0.29) is 29.5 Å². The van der Waals surface area contributed by atoms with E-state index in [0.717, 1.165) is 16.7 Å². The topological polar surface area (TPSA) is 63.3 Å². The molecule has 0 saturated carbocycles. The number of hydrogen-bond donors (Lipinski definition) is 1. The number of oxazole rings is 1. The number of aromatic hydroxyl groups is 1. The molecular formula is C23H17NO3. The molecule has 4 aromatic rings. The maximum atomic E-state index is 12.5. The van der Waals surface area contributed by atoms with Crippen LogP contribution < -0.4 is 0 Å². The summed E-state index contributed by atoms with van der Waals surface area (Å²) in [5.74, 6) is 0.165. The van der Waals surface area contributed by atoms with Crippen molar-refractivity contribution in [1.29, 1.82) is 0 Å². The second-order valence-corrected chi connectivity index (χ2v) is 6.22. The van der Waals surface area contributed by atoms with E-state index in [1.165, 1.54) is 6.26 Å². The number of benzene rings is 3. The summed E-state index contributed by atoms with van der Waals surface area (Å²) in [6, 6.07) is 24.7. The molecule has 1 N–H and O–H groups in total. The average molecular weight is 355 g/mol. The third-order valence-electron chi connectivity index (χ3n) is 4.35. The minimum absolute atomic E-state index is 0.0647. The molecule has 132 valence electrons. The Bertz CT molecular complexity index is 1070. The van der Waals surface area contributed by atoms with Gasteiger partial charge in [-0.15, -0.1) is 0 Å². The van der Waals surface area contributed by atoms with E-state index in [0.29, 0.717) is 5.56 Å². The van der Waals surface area contributed by atoms with Gasteiger partial charge in [-0.3, -0.25) is 4.79 Å². The van der Waals surface area contributed by atoms with E-state index in [2.05, 4.69) is 17.1 Å². The smallest absolute Gasteiger partial charge is 0.230 e. The number of carbonyl (C=O) groups excluding carboxylic acids is 1. The van der Waals surface area contributed by atoms with Gasteiger partial charge in [0.1, 0.15) is 17.7 Å². The number of phenolic OH excluding ortho intramolecular Hbond substituents is 1. The molecule has 0 spiro atoms. The van der Waals surface area contributed by atoms with E-state index in [1.54, 1.807) is 24.3 Å². The van der Waals surface area contributed by atoms with Crippen molar-refractivity contribution in [3.8, 4) is 28.3 Å². The van der Waals surface area contributed by atoms with Crippen LogP contribution in [0.5, 0.6) is 5.75 Å². The molecule has 4 nitrogen and oxygen atoms in total. The maximum Gasteiger partial charge on any atom is 0.230 e. The number of nitrogens with zero attached hydrogens (tertiary/aromatic N) is 1. The highest BCUT2D eigenvalue weighted by Gasteiger charge is 2.16. The maximum absolute atomic E-state index is 12.5. The third kappa shape index (κ3) is 3.65. The number of hydrogen-bond acceptors (Lipinski definition) is 4. The first-order chi connectivity index (χ1) is 13.2. The minimum Gasteiger partial charge on any atom is -0.507 e. The summed E-state index contributed by atoms with van der Waals surface area (Å²) >= 11 is 0. The van der Waals surface area contributed by atoms with Crippen LogP contribution in [0.1, 0.15) is 16.1 Å². The van der Waals surface area contributed by atoms with Gasteiger partial charge < -0.3 is 9.52 Å². The Labute approximate surface area is 156 Å². The zero-order valence-electron chi connectivity index (χ0n) is 14.5. The van der Waals surface area contributed by atoms with Gasteiger partial charge in [0.05, 0.1) is 5.56 Å². The first-order valence-electron chi connectivity index (χ1n) is 8.62. The van der Waals surface area contributed by atoms with Crippen molar-refractivity contribution in [2.45, 2.75) is 6.42 Å². The van der Waals surface area contributed by atoms with Crippen LogP contribution in [0.15, 0.2) is 89.5 Å². The van der Waals surface area contributed by atoms with Crippen LogP contribution in [0.3, 0.4) is 0 Å². The highest BCUT2D eigenvalue weighted by atomic mass is 16.3. The van der Waals surface area contributed by atoms with Crippen LogP contribution in [-0.4, -0.2) is 15.9 Å². The van der Waals surface area contributed by atoms with Gasteiger partial charge in [-0.25, -0.2) is 4.98 Å². The van der Waals surface area contributed by atoms with Gasteiger partial charge in [-0.2, -0.15) is 0 Å². The summed E-state index contributed by atoms with van der Waals surface area (Å²) in [7, 11) is 0. The molecule has 0 atom stereocenters. The lowest BCUT2D eigenvalue weighted by atomic mass is 10.0. The molecule has 0 bridgehead atoms. The predicted octanol–water partition coefficient (Wildman–Crippen LogP) is 5.14. The Morgan fingerprint density at radius 2 is 1.52 bits per heavy atom. The lowest BCUT2D eigenvalue weighted by molar-refractivity contribution is 0.0988. The van der Waals surface area contributed by atoms with Gasteiger partial charge in [0.2, 0.25) is 5.89 Å². The molecule has 27 heavy (non-hydrogen) atoms. The molecule has 0 radical (unpaired) electrons. The number of ketones is 1. The fraction of sp³-hybridized carbons (Fsp3) is 0.0435. The third-order valence-corrected chi connectivity index (χ3v) is 4.35. The first kappa shape index (κ1) is 16.8. The van der Waals surface area contributed by atoms with Crippen LogP contribution in [0.4, 0.5) is 0 Å². The van der Waals surface area contributed by atoms with Gasteiger partial charge in [0, 0.05) is 6.42 Å². The number of para-hydroxylation sites is 1. The summed E-state index contributed by atoms with van der Waals surface area (Å²) in [5, 5.41) is 9.88. The van der Waals surface area contributed by atoms with Crippen LogP contribution in [-0.2, 0) is 6.42 Å². The molecule has 1 aromatic heterocycles. The fourth-order valence-corrected chi connectivity index (χ4v) is 2.90. The summed E-state index contributed by atoms with van der Waals surface area (Å²) < 4.78 is 5.38. The molecule has 0 unspecified atom stereocenters. The normalized spacial score (nSPS) is 10.7. The van der Waals surface area contributed by atoms with Gasteiger partial charge in [0.25, 0.3) is 0 Å². The van der Waals surface area contributed by atoms with E-state index < -0.39 is 0 Å².